The van der Waals surface area contributed by atoms with Gasteiger partial charge in [0.05, 0.1) is 17.4 Å². The Morgan fingerprint density at radius 1 is 1.06 bits per heavy atom. The number of para-hydroxylation sites is 2. The summed E-state index contributed by atoms with van der Waals surface area (Å²) in [5.41, 5.74) is 11.7. The number of aryl methyl sites for hydroxylation is 2. The third-order valence-corrected chi connectivity index (χ3v) is 5.47. The molecule has 2 amide bonds. The van der Waals surface area contributed by atoms with E-state index >= 15 is 0 Å². The molecule has 0 bridgehead atoms. The van der Waals surface area contributed by atoms with Crippen LogP contribution in [0.3, 0.4) is 0 Å². The number of carbonyl (C=O) groups excluding carboxylic acids is 2. The molecule has 6 nitrogen and oxygen atoms in total. The minimum absolute atomic E-state index is 0.123. The van der Waals surface area contributed by atoms with Crippen molar-refractivity contribution in [1.29, 1.82) is 0 Å². The summed E-state index contributed by atoms with van der Waals surface area (Å²) in [4.78, 5) is 24.9. The van der Waals surface area contributed by atoms with Crippen LogP contribution in [0.15, 0.2) is 66.7 Å². The first-order chi connectivity index (χ1) is 15.0. The lowest BCUT2D eigenvalue weighted by atomic mass is 10.0. The topological polar surface area (TPSA) is 93.4 Å². The monoisotopic (exact) mass is 415 g/mol. The number of rotatable bonds is 5. The van der Waals surface area contributed by atoms with Crippen LogP contribution in [0, 0.1) is 6.92 Å². The largest absolute Gasteiger partial charge is 0.445 e. The molecular weight excluding hydrogens is 390 g/mol. The summed E-state index contributed by atoms with van der Waals surface area (Å²) in [6.45, 7) is 2.24. The zero-order valence-electron chi connectivity index (χ0n) is 17.4. The second kappa shape index (κ2) is 8.92. The van der Waals surface area contributed by atoms with Gasteiger partial charge in [0.2, 0.25) is 0 Å². The molecule has 3 aromatic carbocycles. The summed E-state index contributed by atoms with van der Waals surface area (Å²) in [5.74, 6) is -0.213. The minimum Gasteiger partial charge on any atom is -0.445 e. The fraction of sp³-hybridized carbons (Fsp3) is 0.200. The first-order valence-electron chi connectivity index (χ1n) is 10.3. The van der Waals surface area contributed by atoms with Crippen LogP contribution in [0.2, 0.25) is 0 Å². The molecule has 1 atom stereocenters. The molecule has 0 radical (unpaired) electrons. The highest BCUT2D eigenvalue weighted by Gasteiger charge is 2.25. The normalized spacial score (nSPS) is 14.5. The van der Waals surface area contributed by atoms with Gasteiger partial charge in [-0.3, -0.25) is 4.79 Å². The molecule has 0 fully saturated rings. The van der Waals surface area contributed by atoms with Crippen LogP contribution in [-0.2, 0) is 17.8 Å². The van der Waals surface area contributed by atoms with Crippen LogP contribution < -0.4 is 16.4 Å². The fourth-order valence-electron chi connectivity index (χ4n) is 3.73. The quantitative estimate of drug-likeness (QED) is 0.525. The number of nitrogen functional groups attached to an aromatic ring is 1. The molecule has 0 heterocycles. The summed E-state index contributed by atoms with van der Waals surface area (Å²) in [5, 5.41) is 5.78. The van der Waals surface area contributed by atoms with E-state index in [9.17, 15) is 9.59 Å². The Balaban J connectivity index is 1.36. The lowest BCUT2D eigenvalue weighted by molar-refractivity contribution is 0.102. The molecule has 1 aliphatic rings. The van der Waals surface area contributed by atoms with Crippen molar-refractivity contribution in [1.82, 2.24) is 5.32 Å². The standard InChI is InChI=1S/C25H25N3O3/c1-16-6-8-17(9-7-16)15-31-25(30)28-22-13-11-18-14-19(10-12-20(18)22)24(29)27-23-5-3-2-4-21(23)26/h2-10,12,14,22H,11,13,15,26H2,1H3,(H,27,29)(H,28,30). The first-order valence-corrected chi connectivity index (χ1v) is 10.3. The third kappa shape index (κ3) is 4.86. The number of benzene rings is 3. The molecule has 1 unspecified atom stereocenters. The number of amides is 2. The number of anilines is 2. The van der Waals surface area contributed by atoms with Gasteiger partial charge in [0.1, 0.15) is 6.61 Å². The first kappa shape index (κ1) is 20.5. The van der Waals surface area contributed by atoms with E-state index in [4.69, 9.17) is 10.5 Å². The van der Waals surface area contributed by atoms with Gasteiger partial charge >= 0.3 is 6.09 Å². The van der Waals surface area contributed by atoms with E-state index in [-0.39, 0.29) is 18.6 Å². The van der Waals surface area contributed by atoms with Gasteiger partial charge in [0.25, 0.3) is 5.91 Å². The molecule has 0 aromatic heterocycles. The van der Waals surface area contributed by atoms with Gasteiger partial charge in [-0.15, -0.1) is 0 Å². The molecule has 1 aliphatic carbocycles. The van der Waals surface area contributed by atoms with Gasteiger partial charge in [-0.25, -0.2) is 4.79 Å². The maximum atomic E-state index is 12.6. The maximum Gasteiger partial charge on any atom is 0.407 e. The van der Waals surface area contributed by atoms with Crippen molar-refractivity contribution in [2.24, 2.45) is 0 Å². The predicted molar refractivity (Wildman–Crippen MR) is 121 cm³/mol. The Morgan fingerprint density at radius 3 is 2.61 bits per heavy atom. The summed E-state index contributed by atoms with van der Waals surface area (Å²) < 4.78 is 5.36. The van der Waals surface area contributed by atoms with Crippen molar-refractivity contribution in [3.8, 4) is 0 Å². The fourth-order valence-corrected chi connectivity index (χ4v) is 3.73. The number of ether oxygens (including phenoxy) is 1. The van der Waals surface area contributed by atoms with Crippen LogP contribution in [0.25, 0.3) is 0 Å². The number of nitrogens with one attached hydrogen (secondary N) is 2. The van der Waals surface area contributed by atoms with E-state index in [0.717, 1.165) is 35.1 Å². The number of alkyl carbamates (subject to hydrolysis) is 1. The Labute approximate surface area is 181 Å². The Kier molecular flexibility index (Phi) is 5.89. The summed E-state index contributed by atoms with van der Waals surface area (Å²) in [6.07, 6.45) is 1.11. The van der Waals surface area contributed by atoms with Crippen molar-refractivity contribution in [2.45, 2.75) is 32.4 Å². The molecule has 6 heteroatoms. The van der Waals surface area contributed by atoms with Crippen molar-refractivity contribution < 1.29 is 14.3 Å². The minimum atomic E-state index is -0.445. The predicted octanol–water partition coefficient (Wildman–Crippen LogP) is 4.74. The van der Waals surface area contributed by atoms with Gasteiger partial charge in [0.15, 0.2) is 0 Å². The van der Waals surface area contributed by atoms with Crippen molar-refractivity contribution in [3.63, 3.8) is 0 Å². The zero-order chi connectivity index (χ0) is 21.8. The lowest BCUT2D eigenvalue weighted by Crippen LogP contribution is -2.27. The number of hydrogen-bond acceptors (Lipinski definition) is 4. The van der Waals surface area contributed by atoms with Gasteiger partial charge in [-0.2, -0.15) is 0 Å². The third-order valence-electron chi connectivity index (χ3n) is 5.47. The van der Waals surface area contributed by atoms with Gasteiger partial charge in [0, 0.05) is 5.56 Å². The average molecular weight is 415 g/mol. The number of nitrogens with two attached hydrogens (primary N) is 1. The van der Waals surface area contributed by atoms with Gasteiger partial charge in [-0.1, -0.05) is 48.0 Å². The van der Waals surface area contributed by atoms with Gasteiger partial charge < -0.3 is 21.1 Å². The zero-order valence-corrected chi connectivity index (χ0v) is 17.4. The summed E-state index contributed by atoms with van der Waals surface area (Å²) in [6, 6.07) is 20.4. The van der Waals surface area contributed by atoms with E-state index < -0.39 is 6.09 Å². The Hall–Kier alpha value is -3.80. The van der Waals surface area contributed by atoms with Crippen LogP contribution in [0.5, 0.6) is 0 Å². The van der Waals surface area contributed by atoms with Crippen LogP contribution in [-0.4, -0.2) is 12.0 Å². The SMILES string of the molecule is Cc1ccc(COC(=O)NC2CCc3cc(C(=O)Nc4ccccc4N)ccc32)cc1. The highest BCUT2D eigenvalue weighted by molar-refractivity contribution is 6.05. The molecule has 0 aliphatic heterocycles. The number of hydrogen-bond donors (Lipinski definition) is 3. The van der Waals surface area contributed by atoms with Crippen molar-refractivity contribution in [2.75, 3.05) is 11.1 Å². The Morgan fingerprint density at radius 2 is 1.84 bits per heavy atom. The molecule has 31 heavy (non-hydrogen) atoms. The average Bonchev–Trinajstić information content (AvgIpc) is 3.17. The second-order valence-electron chi connectivity index (χ2n) is 7.75. The molecule has 0 spiro atoms. The summed E-state index contributed by atoms with van der Waals surface area (Å²) in [7, 11) is 0. The highest BCUT2D eigenvalue weighted by Crippen LogP contribution is 2.32. The number of carbonyl (C=O) groups is 2. The van der Waals surface area contributed by atoms with E-state index in [1.54, 1.807) is 18.2 Å². The van der Waals surface area contributed by atoms with Crippen LogP contribution in [0.4, 0.5) is 16.2 Å². The highest BCUT2D eigenvalue weighted by atomic mass is 16.5. The smallest absolute Gasteiger partial charge is 0.407 e. The Bertz CT molecular complexity index is 1110. The van der Waals surface area contributed by atoms with E-state index in [2.05, 4.69) is 10.6 Å². The van der Waals surface area contributed by atoms with Crippen molar-refractivity contribution in [3.05, 3.63) is 94.5 Å². The summed E-state index contributed by atoms with van der Waals surface area (Å²) >= 11 is 0. The van der Waals surface area contributed by atoms with Crippen LogP contribution in [0.1, 0.15) is 45.1 Å². The lowest BCUT2D eigenvalue weighted by Gasteiger charge is -2.15. The number of fused-ring (bicyclic) bond motifs is 1. The second-order valence-corrected chi connectivity index (χ2v) is 7.75. The molecule has 158 valence electrons. The molecule has 0 saturated carbocycles. The molecule has 0 saturated heterocycles. The molecule has 4 N–H and O–H groups in total. The van der Waals surface area contributed by atoms with E-state index in [1.165, 1.54) is 0 Å². The van der Waals surface area contributed by atoms with Gasteiger partial charge in [-0.05, 0) is 60.7 Å². The maximum absolute atomic E-state index is 12.6. The molecule has 4 rings (SSSR count). The molecular formula is C25H25N3O3. The van der Waals surface area contributed by atoms with Crippen molar-refractivity contribution >= 4 is 23.4 Å². The van der Waals surface area contributed by atoms with E-state index in [0.29, 0.717) is 16.9 Å². The van der Waals surface area contributed by atoms with E-state index in [1.807, 2.05) is 55.5 Å². The molecule has 3 aromatic rings. The van der Waals surface area contributed by atoms with Crippen LogP contribution >= 0.6 is 0 Å².